The number of carbonyl (C=O) groups is 1. The van der Waals surface area contributed by atoms with Gasteiger partial charge in [0.15, 0.2) is 0 Å². The first kappa shape index (κ1) is 15.9. The molecule has 0 fully saturated rings. The van der Waals surface area contributed by atoms with E-state index in [1.807, 2.05) is 30.3 Å². The zero-order valence-corrected chi connectivity index (χ0v) is 12.9. The number of carboxylic acid groups (broad SMARTS) is 1. The number of aromatic carboxylic acids is 1. The van der Waals surface area contributed by atoms with Gasteiger partial charge in [-0.1, -0.05) is 35.9 Å². The fourth-order valence-corrected chi connectivity index (χ4v) is 2.63. The first-order chi connectivity index (χ1) is 10.0. The molecule has 1 unspecified atom stereocenters. The highest BCUT2D eigenvalue weighted by molar-refractivity contribution is 7.80. The van der Waals surface area contributed by atoms with Gasteiger partial charge in [0, 0.05) is 10.9 Å². The van der Waals surface area contributed by atoms with E-state index in [9.17, 15) is 4.79 Å². The largest absolute Gasteiger partial charge is 0.478 e. The molecular formula is C16H16ClNO2S. The SMILES string of the molecule is NC1CCc2c(C(=O)O)cccc21.Sc1ccccc1Cl. The van der Waals surface area contributed by atoms with Crippen molar-refractivity contribution in [3.8, 4) is 0 Å². The molecule has 110 valence electrons. The van der Waals surface area contributed by atoms with E-state index in [2.05, 4.69) is 12.6 Å². The first-order valence-electron chi connectivity index (χ1n) is 6.55. The summed E-state index contributed by atoms with van der Waals surface area (Å²) in [5.41, 5.74) is 8.15. The molecule has 0 saturated heterocycles. The lowest BCUT2D eigenvalue weighted by atomic mass is 10.0. The van der Waals surface area contributed by atoms with E-state index in [1.165, 1.54) is 0 Å². The molecule has 1 atom stereocenters. The molecular weight excluding hydrogens is 306 g/mol. The van der Waals surface area contributed by atoms with Crippen LogP contribution < -0.4 is 5.73 Å². The Morgan fingerprint density at radius 2 is 1.95 bits per heavy atom. The van der Waals surface area contributed by atoms with Crippen LogP contribution in [0.5, 0.6) is 0 Å². The molecule has 1 aliphatic rings. The van der Waals surface area contributed by atoms with Crippen LogP contribution in [0.25, 0.3) is 0 Å². The third kappa shape index (κ3) is 3.79. The molecule has 0 radical (unpaired) electrons. The van der Waals surface area contributed by atoms with Gasteiger partial charge in [0.25, 0.3) is 0 Å². The minimum atomic E-state index is -0.856. The Morgan fingerprint density at radius 1 is 1.24 bits per heavy atom. The standard InChI is InChI=1S/C10H11NO2.C6H5ClS/c11-9-5-4-6-7(9)2-1-3-8(6)10(12)13;7-5-3-1-2-4-6(5)8/h1-3,9H,4-5,11H2,(H,12,13);1-4,8H. The van der Waals surface area contributed by atoms with Gasteiger partial charge in [-0.15, -0.1) is 12.6 Å². The van der Waals surface area contributed by atoms with Crippen molar-refractivity contribution in [1.29, 1.82) is 0 Å². The predicted molar refractivity (Wildman–Crippen MR) is 87.4 cm³/mol. The van der Waals surface area contributed by atoms with Gasteiger partial charge in [0.05, 0.1) is 10.6 Å². The van der Waals surface area contributed by atoms with Crippen molar-refractivity contribution in [2.75, 3.05) is 0 Å². The summed E-state index contributed by atoms with van der Waals surface area (Å²) >= 11 is 9.70. The van der Waals surface area contributed by atoms with E-state index in [4.69, 9.17) is 22.4 Å². The highest BCUT2D eigenvalue weighted by Crippen LogP contribution is 2.31. The summed E-state index contributed by atoms with van der Waals surface area (Å²) in [6.07, 6.45) is 1.65. The maximum absolute atomic E-state index is 10.8. The highest BCUT2D eigenvalue weighted by atomic mass is 35.5. The molecule has 0 bridgehead atoms. The normalized spacial score (nSPS) is 15.9. The van der Waals surface area contributed by atoms with Crippen LogP contribution in [-0.2, 0) is 6.42 Å². The van der Waals surface area contributed by atoms with E-state index < -0.39 is 5.97 Å². The van der Waals surface area contributed by atoms with Crippen LogP contribution in [0.2, 0.25) is 5.02 Å². The van der Waals surface area contributed by atoms with Gasteiger partial charge in [-0.2, -0.15) is 0 Å². The third-order valence-corrected chi connectivity index (χ3v) is 4.25. The van der Waals surface area contributed by atoms with Crippen molar-refractivity contribution < 1.29 is 9.90 Å². The molecule has 0 heterocycles. The Bertz CT molecular complexity index is 639. The maximum Gasteiger partial charge on any atom is 0.335 e. The summed E-state index contributed by atoms with van der Waals surface area (Å²) in [6.45, 7) is 0. The Kier molecular flexibility index (Phi) is 5.28. The molecule has 3 nitrogen and oxygen atoms in total. The molecule has 2 aromatic rings. The average molecular weight is 322 g/mol. The van der Waals surface area contributed by atoms with Gasteiger partial charge in [-0.05, 0) is 42.2 Å². The monoisotopic (exact) mass is 321 g/mol. The van der Waals surface area contributed by atoms with Gasteiger partial charge < -0.3 is 10.8 Å². The minimum Gasteiger partial charge on any atom is -0.478 e. The number of halogens is 1. The van der Waals surface area contributed by atoms with Crippen LogP contribution in [0.1, 0.15) is 33.9 Å². The number of fused-ring (bicyclic) bond motifs is 1. The second-order valence-electron chi connectivity index (χ2n) is 4.78. The van der Waals surface area contributed by atoms with Crippen molar-refractivity contribution in [1.82, 2.24) is 0 Å². The van der Waals surface area contributed by atoms with Crippen LogP contribution in [0.3, 0.4) is 0 Å². The second kappa shape index (κ2) is 6.98. The van der Waals surface area contributed by atoms with Crippen LogP contribution in [-0.4, -0.2) is 11.1 Å². The molecule has 5 heteroatoms. The number of rotatable bonds is 1. The fourth-order valence-electron chi connectivity index (χ4n) is 2.34. The molecule has 0 amide bonds. The summed E-state index contributed by atoms with van der Waals surface area (Å²) < 4.78 is 0. The number of nitrogens with two attached hydrogens (primary N) is 1. The number of benzene rings is 2. The van der Waals surface area contributed by atoms with E-state index in [0.29, 0.717) is 10.6 Å². The van der Waals surface area contributed by atoms with E-state index in [1.54, 1.807) is 12.1 Å². The summed E-state index contributed by atoms with van der Waals surface area (Å²) in [5, 5.41) is 9.60. The van der Waals surface area contributed by atoms with Crippen LogP contribution in [0.4, 0.5) is 0 Å². The van der Waals surface area contributed by atoms with Crippen molar-refractivity contribution >= 4 is 30.2 Å². The first-order valence-corrected chi connectivity index (χ1v) is 7.37. The van der Waals surface area contributed by atoms with Crippen LogP contribution in [0, 0.1) is 0 Å². The Balaban J connectivity index is 0.000000173. The van der Waals surface area contributed by atoms with Gasteiger partial charge in [0.2, 0.25) is 0 Å². The highest BCUT2D eigenvalue weighted by Gasteiger charge is 2.23. The molecule has 0 aromatic heterocycles. The minimum absolute atomic E-state index is 0.0225. The van der Waals surface area contributed by atoms with Crippen molar-refractivity contribution in [2.24, 2.45) is 5.73 Å². The summed E-state index contributed by atoms with van der Waals surface area (Å²) in [7, 11) is 0. The topological polar surface area (TPSA) is 63.3 Å². The molecule has 0 spiro atoms. The van der Waals surface area contributed by atoms with Gasteiger partial charge in [-0.3, -0.25) is 0 Å². The summed E-state index contributed by atoms with van der Waals surface area (Å²) in [4.78, 5) is 11.7. The van der Waals surface area contributed by atoms with Crippen LogP contribution >= 0.6 is 24.2 Å². The third-order valence-electron chi connectivity index (χ3n) is 3.40. The molecule has 3 rings (SSSR count). The fraction of sp³-hybridized carbons (Fsp3) is 0.188. The van der Waals surface area contributed by atoms with Gasteiger partial charge >= 0.3 is 5.97 Å². The van der Waals surface area contributed by atoms with E-state index in [-0.39, 0.29) is 6.04 Å². The average Bonchev–Trinajstić information content (AvgIpc) is 2.84. The quantitative estimate of drug-likeness (QED) is 0.697. The Morgan fingerprint density at radius 3 is 2.52 bits per heavy atom. The molecule has 0 saturated carbocycles. The summed E-state index contributed by atoms with van der Waals surface area (Å²) in [5.74, 6) is -0.856. The zero-order valence-electron chi connectivity index (χ0n) is 11.3. The lowest BCUT2D eigenvalue weighted by Gasteiger charge is -2.05. The van der Waals surface area contributed by atoms with Crippen LogP contribution in [0.15, 0.2) is 47.4 Å². The van der Waals surface area contributed by atoms with Crippen molar-refractivity contribution in [3.05, 3.63) is 64.2 Å². The van der Waals surface area contributed by atoms with Gasteiger partial charge in [0.1, 0.15) is 0 Å². The molecule has 1 aliphatic carbocycles. The van der Waals surface area contributed by atoms with E-state index in [0.717, 1.165) is 28.9 Å². The molecule has 21 heavy (non-hydrogen) atoms. The Hall–Kier alpha value is -1.49. The molecule has 2 aromatic carbocycles. The predicted octanol–water partition coefficient (Wildman–Crippen LogP) is 3.96. The zero-order chi connectivity index (χ0) is 15.4. The van der Waals surface area contributed by atoms with Gasteiger partial charge in [-0.25, -0.2) is 4.79 Å². The van der Waals surface area contributed by atoms with E-state index >= 15 is 0 Å². The lowest BCUT2D eigenvalue weighted by Crippen LogP contribution is -2.06. The number of hydrogen-bond donors (Lipinski definition) is 3. The maximum atomic E-state index is 10.8. The Labute approximate surface area is 134 Å². The lowest BCUT2D eigenvalue weighted by molar-refractivity contribution is 0.0696. The molecule has 3 N–H and O–H groups in total. The smallest absolute Gasteiger partial charge is 0.335 e. The number of hydrogen-bond acceptors (Lipinski definition) is 3. The number of carboxylic acids is 1. The van der Waals surface area contributed by atoms with Crippen molar-refractivity contribution in [3.63, 3.8) is 0 Å². The molecule has 0 aliphatic heterocycles. The summed E-state index contributed by atoms with van der Waals surface area (Å²) in [6, 6.07) is 12.8. The number of thiol groups is 1. The second-order valence-corrected chi connectivity index (χ2v) is 5.66. The van der Waals surface area contributed by atoms with Crippen molar-refractivity contribution in [2.45, 2.75) is 23.8 Å².